The number of esters is 1. The molecule has 318 valence electrons. The third-order valence-corrected chi connectivity index (χ3v) is 10.1. The van der Waals surface area contributed by atoms with Gasteiger partial charge in [0.25, 0.3) is 0 Å². The minimum Gasteiger partial charge on any atom is -0.462 e. The molecule has 6 heteroatoms. The van der Waals surface area contributed by atoms with E-state index in [1.807, 2.05) is 0 Å². The Morgan fingerprint density at radius 1 is 0.545 bits per heavy atom. The molecule has 0 radical (unpaired) electrons. The van der Waals surface area contributed by atoms with E-state index in [1.54, 1.807) is 0 Å². The molecular weight excluding hydrogens is 683 g/mol. The zero-order valence-corrected chi connectivity index (χ0v) is 36.0. The van der Waals surface area contributed by atoms with Crippen LogP contribution in [0.15, 0.2) is 60.8 Å². The van der Waals surface area contributed by atoms with E-state index >= 15 is 0 Å². The Hall–Kier alpha value is -2.44. The maximum Gasteiger partial charge on any atom is 0.306 e. The molecule has 0 aliphatic heterocycles. The molecule has 0 rings (SSSR count). The van der Waals surface area contributed by atoms with Gasteiger partial charge in [0.2, 0.25) is 5.91 Å². The number of aliphatic hydroxyl groups excluding tert-OH is 2. The summed E-state index contributed by atoms with van der Waals surface area (Å²) in [5.41, 5.74) is 0. The fourth-order valence-electron chi connectivity index (χ4n) is 6.60. The highest BCUT2D eigenvalue weighted by atomic mass is 16.5. The molecule has 1 amide bonds. The number of rotatable bonds is 40. The number of carbonyl (C=O) groups is 2. The van der Waals surface area contributed by atoms with Gasteiger partial charge in [-0.25, -0.2) is 0 Å². The molecule has 0 heterocycles. The van der Waals surface area contributed by atoms with Crippen molar-refractivity contribution in [2.24, 2.45) is 0 Å². The summed E-state index contributed by atoms with van der Waals surface area (Å²) in [6.07, 6.45) is 51.4. The van der Waals surface area contributed by atoms with Crippen molar-refractivity contribution in [3.8, 4) is 0 Å². The summed E-state index contributed by atoms with van der Waals surface area (Å²) in [7, 11) is 0. The van der Waals surface area contributed by atoms with E-state index in [2.05, 4.69) is 86.8 Å². The lowest BCUT2D eigenvalue weighted by atomic mass is 10.0. The lowest BCUT2D eigenvalue weighted by Crippen LogP contribution is -2.46. The van der Waals surface area contributed by atoms with Gasteiger partial charge in [0.15, 0.2) is 0 Å². The maximum atomic E-state index is 13.1. The first kappa shape index (κ1) is 52.6. The van der Waals surface area contributed by atoms with E-state index in [-0.39, 0.29) is 24.9 Å². The summed E-state index contributed by atoms with van der Waals surface area (Å²) in [4.78, 5) is 25.9. The Labute approximate surface area is 339 Å². The van der Waals surface area contributed by atoms with Gasteiger partial charge in [-0.2, -0.15) is 0 Å². The highest BCUT2D eigenvalue weighted by Gasteiger charge is 2.24. The van der Waals surface area contributed by atoms with Crippen LogP contribution in [0.25, 0.3) is 0 Å². The predicted molar refractivity (Wildman–Crippen MR) is 236 cm³/mol. The predicted octanol–water partition coefficient (Wildman–Crippen LogP) is 13.3. The Bertz CT molecular complexity index is 999. The molecule has 3 unspecified atom stereocenters. The topological polar surface area (TPSA) is 95.9 Å². The van der Waals surface area contributed by atoms with Crippen molar-refractivity contribution >= 4 is 11.9 Å². The van der Waals surface area contributed by atoms with Crippen LogP contribution in [-0.2, 0) is 14.3 Å². The van der Waals surface area contributed by atoms with Gasteiger partial charge in [0.1, 0.15) is 6.10 Å². The molecule has 0 spiro atoms. The second-order valence-corrected chi connectivity index (χ2v) is 15.4. The summed E-state index contributed by atoms with van der Waals surface area (Å²) in [5, 5.41) is 23.6. The smallest absolute Gasteiger partial charge is 0.306 e. The normalized spacial score (nSPS) is 13.9. The van der Waals surface area contributed by atoms with Crippen LogP contribution in [0.4, 0.5) is 0 Å². The van der Waals surface area contributed by atoms with Gasteiger partial charge in [-0.3, -0.25) is 9.59 Å². The zero-order chi connectivity index (χ0) is 40.3. The molecule has 0 saturated heterocycles. The van der Waals surface area contributed by atoms with Crippen LogP contribution in [0.1, 0.15) is 213 Å². The third kappa shape index (κ3) is 38.2. The van der Waals surface area contributed by atoms with Crippen molar-refractivity contribution in [3.05, 3.63) is 60.8 Å². The summed E-state index contributed by atoms with van der Waals surface area (Å²) < 4.78 is 5.86. The molecule has 0 aliphatic rings. The molecule has 3 N–H and O–H groups in total. The van der Waals surface area contributed by atoms with Gasteiger partial charge in [-0.1, -0.05) is 178 Å². The van der Waals surface area contributed by atoms with E-state index < -0.39 is 18.2 Å². The van der Waals surface area contributed by atoms with Crippen molar-refractivity contribution in [1.82, 2.24) is 5.32 Å². The van der Waals surface area contributed by atoms with Gasteiger partial charge in [0, 0.05) is 6.42 Å². The molecule has 0 aliphatic carbocycles. The molecule has 0 aromatic rings. The first-order valence-electron chi connectivity index (χ1n) is 23.0. The molecule has 0 fully saturated rings. The van der Waals surface area contributed by atoms with E-state index in [4.69, 9.17) is 4.74 Å². The van der Waals surface area contributed by atoms with Crippen LogP contribution < -0.4 is 5.32 Å². The second kappa shape index (κ2) is 42.7. The summed E-state index contributed by atoms with van der Waals surface area (Å²) in [6, 6.07) is -0.711. The number of amides is 1. The number of allylic oxidation sites excluding steroid dienone is 10. The van der Waals surface area contributed by atoms with Crippen molar-refractivity contribution in [2.45, 2.75) is 232 Å². The fraction of sp³-hybridized carbons (Fsp3) is 0.755. The molecule has 0 aromatic carbocycles. The number of hydrogen-bond acceptors (Lipinski definition) is 5. The van der Waals surface area contributed by atoms with Crippen LogP contribution in [0.5, 0.6) is 0 Å². The van der Waals surface area contributed by atoms with Crippen molar-refractivity contribution in [1.29, 1.82) is 0 Å². The van der Waals surface area contributed by atoms with Gasteiger partial charge in [-0.05, 0) is 83.5 Å². The molecular formula is C49H87NO5. The Morgan fingerprint density at radius 2 is 1.02 bits per heavy atom. The Morgan fingerprint density at radius 3 is 1.58 bits per heavy atom. The molecule has 0 bridgehead atoms. The average Bonchev–Trinajstić information content (AvgIpc) is 3.18. The van der Waals surface area contributed by atoms with Crippen molar-refractivity contribution < 1.29 is 24.5 Å². The van der Waals surface area contributed by atoms with Gasteiger partial charge in [-0.15, -0.1) is 0 Å². The van der Waals surface area contributed by atoms with Gasteiger partial charge >= 0.3 is 5.97 Å². The Balaban J connectivity index is 4.55. The number of hydrogen-bond donors (Lipinski definition) is 3. The SMILES string of the molecule is CC/C=C/C/C=C/C/C=C/C/C=C/CCCCCC(=O)OC(CCCCC/C=C\CCC)CC(=O)NC(CO)C(O)CCCCCCCCCCCCCC. The summed E-state index contributed by atoms with van der Waals surface area (Å²) in [6.45, 7) is 6.27. The van der Waals surface area contributed by atoms with Gasteiger partial charge in [0.05, 0.1) is 25.2 Å². The quantitative estimate of drug-likeness (QED) is 0.0328. The molecule has 3 atom stereocenters. The number of aliphatic hydroxyl groups is 2. The van der Waals surface area contributed by atoms with Crippen molar-refractivity contribution in [3.63, 3.8) is 0 Å². The van der Waals surface area contributed by atoms with Crippen LogP contribution in [-0.4, -0.2) is 46.9 Å². The zero-order valence-electron chi connectivity index (χ0n) is 36.0. The van der Waals surface area contributed by atoms with Crippen LogP contribution in [0, 0.1) is 0 Å². The maximum absolute atomic E-state index is 13.1. The van der Waals surface area contributed by atoms with Crippen molar-refractivity contribution in [2.75, 3.05) is 6.61 Å². The largest absolute Gasteiger partial charge is 0.462 e. The second-order valence-electron chi connectivity index (χ2n) is 15.4. The van der Waals surface area contributed by atoms with Crippen LogP contribution in [0.2, 0.25) is 0 Å². The van der Waals surface area contributed by atoms with Crippen LogP contribution in [0.3, 0.4) is 0 Å². The van der Waals surface area contributed by atoms with E-state index in [1.165, 1.54) is 57.8 Å². The van der Waals surface area contributed by atoms with Crippen LogP contribution >= 0.6 is 0 Å². The summed E-state index contributed by atoms with van der Waals surface area (Å²) >= 11 is 0. The minimum atomic E-state index is -0.796. The number of ether oxygens (including phenoxy) is 1. The Kier molecular flexibility index (Phi) is 40.8. The monoisotopic (exact) mass is 770 g/mol. The number of carbonyl (C=O) groups excluding carboxylic acids is 2. The lowest BCUT2D eigenvalue weighted by Gasteiger charge is -2.24. The van der Waals surface area contributed by atoms with E-state index in [0.29, 0.717) is 19.3 Å². The van der Waals surface area contributed by atoms with Gasteiger partial charge < -0.3 is 20.3 Å². The molecule has 55 heavy (non-hydrogen) atoms. The summed E-state index contributed by atoms with van der Waals surface area (Å²) in [5.74, 6) is -0.534. The average molecular weight is 770 g/mol. The van der Waals surface area contributed by atoms with E-state index in [9.17, 15) is 19.8 Å². The van der Waals surface area contributed by atoms with E-state index in [0.717, 1.165) is 109 Å². The molecule has 0 saturated carbocycles. The standard InChI is InChI=1S/C49H87NO5/c1-4-7-10-13-16-19-21-23-24-25-26-28-30-33-36-39-42-49(54)55-45(40-37-34-31-18-15-12-9-6-3)43-48(53)50-46(44-51)47(52)41-38-35-32-29-27-22-20-17-14-11-8-5-2/h7,10,12,15-16,19,23-24,26,28,45-47,51-52H,4-6,8-9,11,13-14,17-18,20-22,25,27,29-44H2,1-3H3,(H,50,53)/b10-7+,15-12-,19-16+,24-23+,28-26+. The first-order chi connectivity index (χ1) is 27.0. The lowest BCUT2D eigenvalue weighted by molar-refractivity contribution is -0.151. The number of unbranched alkanes of at least 4 members (excludes halogenated alkanes) is 18. The minimum absolute atomic E-state index is 0.0514. The fourth-order valence-corrected chi connectivity index (χ4v) is 6.60. The molecule has 6 nitrogen and oxygen atoms in total. The highest BCUT2D eigenvalue weighted by molar-refractivity contribution is 5.77. The first-order valence-corrected chi connectivity index (χ1v) is 23.0. The number of nitrogens with one attached hydrogen (secondary N) is 1. The highest BCUT2D eigenvalue weighted by Crippen LogP contribution is 2.17. The molecule has 0 aromatic heterocycles. The third-order valence-electron chi connectivity index (χ3n) is 10.1.